The summed E-state index contributed by atoms with van der Waals surface area (Å²) in [5, 5.41) is 4.08. The number of nitrogens with zero attached hydrogens (tertiary/aromatic N) is 5. The summed E-state index contributed by atoms with van der Waals surface area (Å²) in [6.45, 7) is 6.86. The number of carbonyl (C=O) groups excluding carboxylic acids is 1. The zero-order valence-corrected chi connectivity index (χ0v) is 18.4. The molecule has 162 valence electrons. The summed E-state index contributed by atoms with van der Waals surface area (Å²) >= 11 is 0. The van der Waals surface area contributed by atoms with E-state index < -0.39 is 0 Å². The van der Waals surface area contributed by atoms with Crippen molar-refractivity contribution in [2.45, 2.75) is 64.8 Å². The highest BCUT2D eigenvalue weighted by molar-refractivity contribution is 5.92. The lowest BCUT2D eigenvalue weighted by atomic mass is 9.93. The first kappa shape index (κ1) is 21.2. The molecule has 31 heavy (non-hydrogen) atoms. The van der Waals surface area contributed by atoms with Gasteiger partial charge in [0.2, 0.25) is 5.76 Å². The minimum absolute atomic E-state index is 0.125. The van der Waals surface area contributed by atoms with Crippen molar-refractivity contribution in [1.82, 2.24) is 25.0 Å². The van der Waals surface area contributed by atoms with Crippen LogP contribution >= 0.6 is 0 Å². The van der Waals surface area contributed by atoms with Gasteiger partial charge in [-0.1, -0.05) is 25.9 Å². The molecule has 1 fully saturated rings. The average Bonchev–Trinajstić information content (AvgIpc) is 3.30. The van der Waals surface area contributed by atoms with Gasteiger partial charge in [0.05, 0.1) is 17.4 Å². The Labute approximate surface area is 182 Å². The molecule has 1 atom stereocenters. The van der Waals surface area contributed by atoms with Gasteiger partial charge in [0.1, 0.15) is 5.82 Å². The number of rotatable bonds is 6. The van der Waals surface area contributed by atoms with Gasteiger partial charge in [-0.05, 0) is 49.3 Å². The molecule has 0 aromatic carbocycles. The van der Waals surface area contributed by atoms with Crippen molar-refractivity contribution < 1.29 is 9.32 Å². The third-order valence-electron chi connectivity index (χ3n) is 5.74. The maximum absolute atomic E-state index is 13.4. The van der Waals surface area contributed by atoms with E-state index in [1.54, 1.807) is 18.5 Å². The van der Waals surface area contributed by atoms with Gasteiger partial charge in [-0.3, -0.25) is 9.78 Å². The van der Waals surface area contributed by atoms with Crippen LogP contribution in [0, 0.1) is 0 Å². The second kappa shape index (κ2) is 9.37. The number of amides is 1. The number of hydrogen-bond acceptors (Lipinski definition) is 6. The minimum Gasteiger partial charge on any atom is -0.351 e. The van der Waals surface area contributed by atoms with Crippen molar-refractivity contribution in [3.63, 3.8) is 0 Å². The molecule has 0 N–H and O–H groups in total. The summed E-state index contributed by atoms with van der Waals surface area (Å²) in [6.07, 6.45) is 10.1. The molecule has 0 aliphatic carbocycles. The Balaban J connectivity index is 1.74. The predicted molar refractivity (Wildman–Crippen MR) is 117 cm³/mol. The minimum atomic E-state index is -0.129. The standard InChI is InChI=1S/C24H29N5O2/c1-4-7-22-26-15-18(17-9-11-25-12-10-17)23(27-22)20-8-5-6-13-29(20)24(30)21-14-19(16(2)3)28-31-21/h9-12,14-16,20H,4-8,13H2,1-3H3/t20-/m0/s1. The Bertz CT molecular complexity index is 1030. The van der Waals surface area contributed by atoms with Gasteiger partial charge in [0.25, 0.3) is 5.91 Å². The summed E-state index contributed by atoms with van der Waals surface area (Å²) in [4.78, 5) is 29.0. The van der Waals surface area contributed by atoms with Crippen LogP contribution in [0.5, 0.6) is 0 Å². The molecule has 4 heterocycles. The van der Waals surface area contributed by atoms with Crippen molar-refractivity contribution in [2.75, 3.05) is 6.54 Å². The molecular weight excluding hydrogens is 390 g/mol. The molecule has 1 amide bonds. The van der Waals surface area contributed by atoms with Crippen LogP contribution in [-0.2, 0) is 6.42 Å². The smallest absolute Gasteiger partial charge is 0.293 e. The third kappa shape index (κ3) is 4.50. The Morgan fingerprint density at radius 3 is 2.77 bits per heavy atom. The lowest BCUT2D eigenvalue weighted by Gasteiger charge is -2.35. The first-order valence-electron chi connectivity index (χ1n) is 11.1. The number of pyridine rings is 1. The molecule has 3 aromatic heterocycles. The van der Waals surface area contributed by atoms with Gasteiger partial charge < -0.3 is 9.42 Å². The fourth-order valence-corrected chi connectivity index (χ4v) is 4.05. The van der Waals surface area contributed by atoms with Gasteiger partial charge in [0.15, 0.2) is 0 Å². The van der Waals surface area contributed by atoms with Crippen molar-refractivity contribution in [3.05, 3.63) is 59.8 Å². The van der Waals surface area contributed by atoms with Crippen molar-refractivity contribution in [2.24, 2.45) is 0 Å². The normalized spacial score (nSPS) is 16.6. The summed E-state index contributed by atoms with van der Waals surface area (Å²) in [6, 6.07) is 5.56. The Morgan fingerprint density at radius 2 is 2.06 bits per heavy atom. The van der Waals surface area contributed by atoms with E-state index in [0.717, 1.165) is 60.4 Å². The molecule has 0 bridgehead atoms. The molecule has 0 saturated carbocycles. The maximum atomic E-state index is 13.4. The highest BCUT2D eigenvalue weighted by atomic mass is 16.5. The molecule has 0 radical (unpaired) electrons. The SMILES string of the molecule is CCCc1ncc(-c2ccncc2)c([C@@H]2CCCCN2C(=O)c2cc(C(C)C)no2)n1. The summed E-state index contributed by atoms with van der Waals surface area (Å²) in [5.41, 5.74) is 3.66. The van der Waals surface area contributed by atoms with Crippen LogP contribution in [0.15, 0.2) is 41.3 Å². The van der Waals surface area contributed by atoms with E-state index in [2.05, 4.69) is 22.0 Å². The fraction of sp³-hybridized carbons (Fsp3) is 0.458. The van der Waals surface area contributed by atoms with Gasteiger partial charge in [0, 0.05) is 43.2 Å². The number of carbonyl (C=O) groups is 1. The molecule has 0 spiro atoms. The summed E-state index contributed by atoms with van der Waals surface area (Å²) < 4.78 is 5.42. The molecule has 3 aromatic rings. The van der Waals surface area contributed by atoms with E-state index in [1.807, 2.05) is 37.1 Å². The zero-order chi connectivity index (χ0) is 21.8. The Kier molecular flexibility index (Phi) is 6.39. The van der Waals surface area contributed by atoms with E-state index in [0.29, 0.717) is 12.3 Å². The van der Waals surface area contributed by atoms with Crippen LogP contribution in [0.1, 0.15) is 86.2 Å². The molecule has 1 aliphatic rings. The van der Waals surface area contributed by atoms with Crippen molar-refractivity contribution >= 4 is 5.91 Å². The lowest BCUT2D eigenvalue weighted by molar-refractivity contribution is 0.0564. The predicted octanol–water partition coefficient (Wildman–Crippen LogP) is 4.97. The number of hydrogen-bond donors (Lipinski definition) is 0. The average molecular weight is 420 g/mol. The van der Waals surface area contributed by atoms with Crippen molar-refractivity contribution in [3.8, 4) is 11.1 Å². The maximum Gasteiger partial charge on any atom is 0.293 e. The molecule has 0 unspecified atom stereocenters. The first-order chi connectivity index (χ1) is 15.1. The van der Waals surface area contributed by atoms with Crippen LogP contribution in [0.2, 0.25) is 0 Å². The lowest BCUT2D eigenvalue weighted by Crippen LogP contribution is -2.39. The number of piperidine rings is 1. The molecule has 4 rings (SSSR count). The Morgan fingerprint density at radius 1 is 1.26 bits per heavy atom. The van der Waals surface area contributed by atoms with E-state index in [-0.39, 0.29) is 17.9 Å². The van der Waals surface area contributed by atoms with Gasteiger partial charge in [-0.15, -0.1) is 0 Å². The highest BCUT2D eigenvalue weighted by Crippen LogP contribution is 2.36. The third-order valence-corrected chi connectivity index (χ3v) is 5.74. The van der Waals surface area contributed by atoms with Crippen LogP contribution in [0.25, 0.3) is 11.1 Å². The second-order valence-electron chi connectivity index (χ2n) is 8.35. The first-order valence-corrected chi connectivity index (χ1v) is 11.1. The van der Waals surface area contributed by atoms with Crippen LogP contribution in [0.4, 0.5) is 0 Å². The van der Waals surface area contributed by atoms with Crippen LogP contribution < -0.4 is 0 Å². The van der Waals surface area contributed by atoms with Gasteiger partial charge >= 0.3 is 0 Å². The van der Waals surface area contributed by atoms with Crippen molar-refractivity contribution in [1.29, 1.82) is 0 Å². The van der Waals surface area contributed by atoms with Crippen LogP contribution in [-0.4, -0.2) is 37.5 Å². The van der Waals surface area contributed by atoms with Crippen LogP contribution in [0.3, 0.4) is 0 Å². The van der Waals surface area contributed by atoms with E-state index in [4.69, 9.17) is 9.51 Å². The highest BCUT2D eigenvalue weighted by Gasteiger charge is 2.33. The number of likely N-dealkylation sites (tertiary alicyclic amines) is 1. The largest absolute Gasteiger partial charge is 0.351 e. The second-order valence-corrected chi connectivity index (χ2v) is 8.35. The summed E-state index contributed by atoms with van der Waals surface area (Å²) in [7, 11) is 0. The molecular formula is C24H29N5O2. The fourth-order valence-electron chi connectivity index (χ4n) is 4.05. The number of aryl methyl sites for hydroxylation is 1. The quantitative estimate of drug-likeness (QED) is 0.561. The Hall–Kier alpha value is -3.09. The zero-order valence-electron chi connectivity index (χ0n) is 18.4. The van der Waals surface area contributed by atoms with E-state index >= 15 is 0 Å². The topological polar surface area (TPSA) is 85.0 Å². The van der Waals surface area contributed by atoms with Gasteiger partial charge in [-0.2, -0.15) is 0 Å². The molecule has 7 nitrogen and oxygen atoms in total. The molecule has 1 saturated heterocycles. The molecule has 1 aliphatic heterocycles. The monoisotopic (exact) mass is 419 g/mol. The van der Waals surface area contributed by atoms with E-state index in [1.165, 1.54) is 0 Å². The van der Waals surface area contributed by atoms with Gasteiger partial charge in [-0.25, -0.2) is 9.97 Å². The number of aromatic nitrogens is 4. The summed E-state index contributed by atoms with van der Waals surface area (Å²) in [5.74, 6) is 1.19. The molecule has 7 heteroatoms. The van der Waals surface area contributed by atoms with E-state index in [9.17, 15) is 4.79 Å².